The maximum absolute atomic E-state index is 12.3. The van der Waals surface area contributed by atoms with Gasteiger partial charge >= 0.3 is 0 Å². The number of hydrogen-bond donors (Lipinski definition) is 0. The van der Waals surface area contributed by atoms with E-state index >= 15 is 0 Å². The largest absolute Gasteiger partial charge is 0.496 e. The third-order valence-electron chi connectivity index (χ3n) is 3.78. The molecule has 0 saturated carbocycles. The minimum Gasteiger partial charge on any atom is -0.496 e. The van der Waals surface area contributed by atoms with Gasteiger partial charge in [-0.05, 0) is 25.0 Å². The minimum absolute atomic E-state index is 0.0520. The molecule has 2 aliphatic rings. The van der Waals surface area contributed by atoms with E-state index in [1.807, 2.05) is 29.2 Å². The number of hydrogen-bond acceptors (Lipinski definition) is 4. The lowest BCUT2D eigenvalue weighted by Gasteiger charge is -2.18. The van der Waals surface area contributed by atoms with Crippen LogP contribution in [0.2, 0.25) is 0 Å². The van der Waals surface area contributed by atoms with Crippen LogP contribution in [-0.2, 0) is 9.63 Å². The van der Waals surface area contributed by atoms with Crippen LogP contribution in [0.15, 0.2) is 29.4 Å². The van der Waals surface area contributed by atoms with Crippen LogP contribution in [-0.4, -0.2) is 42.8 Å². The van der Waals surface area contributed by atoms with Gasteiger partial charge in [0.1, 0.15) is 5.75 Å². The Kier molecular flexibility index (Phi) is 3.58. The highest BCUT2D eigenvalue weighted by molar-refractivity contribution is 6.05. The normalized spacial score (nSPS) is 21.6. The number of carbonyl (C=O) groups is 1. The number of benzene rings is 1. The number of carbonyl (C=O) groups excluding carboxylic acids is 1. The molecule has 20 heavy (non-hydrogen) atoms. The van der Waals surface area contributed by atoms with Crippen LogP contribution in [0.3, 0.4) is 0 Å². The first-order valence-electron chi connectivity index (χ1n) is 6.94. The van der Waals surface area contributed by atoms with Crippen LogP contribution in [0.4, 0.5) is 0 Å². The third-order valence-corrected chi connectivity index (χ3v) is 3.78. The summed E-state index contributed by atoms with van der Waals surface area (Å²) in [7, 11) is 1.63. The number of amides is 1. The fraction of sp³-hybridized carbons (Fsp3) is 0.467. The molecule has 0 bridgehead atoms. The second-order valence-electron chi connectivity index (χ2n) is 5.07. The average molecular weight is 274 g/mol. The zero-order valence-corrected chi connectivity index (χ0v) is 11.5. The molecule has 1 aromatic rings. The van der Waals surface area contributed by atoms with Crippen molar-refractivity contribution >= 4 is 11.6 Å². The number of para-hydroxylation sites is 1. The van der Waals surface area contributed by atoms with Gasteiger partial charge in [0, 0.05) is 25.1 Å². The summed E-state index contributed by atoms with van der Waals surface area (Å²) >= 11 is 0. The van der Waals surface area contributed by atoms with Gasteiger partial charge in [0.05, 0.1) is 12.8 Å². The van der Waals surface area contributed by atoms with Crippen LogP contribution in [0.5, 0.6) is 5.75 Å². The van der Waals surface area contributed by atoms with E-state index in [2.05, 4.69) is 5.16 Å². The van der Waals surface area contributed by atoms with E-state index in [9.17, 15) is 4.79 Å². The Labute approximate surface area is 118 Å². The highest BCUT2D eigenvalue weighted by atomic mass is 16.6. The van der Waals surface area contributed by atoms with E-state index < -0.39 is 6.10 Å². The van der Waals surface area contributed by atoms with Crippen molar-refractivity contribution in [1.29, 1.82) is 0 Å². The summed E-state index contributed by atoms with van der Waals surface area (Å²) < 4.78 is 5.32. The lowest BCUT2D eigenvalue weighted by atomic mass is 10.0. The van der Waals surface area contributed by atoms with Gasteiger partial charge in [-0.3, -0.25) is 4.79 Å². The molecule has 1 saturated heterocycles. The maximum Gasteiger partial charge on any atom is 0.266 e. The number of likely N-dealkylation sites (tertiary alicyclic amines) is 1. The van der Waals surface area contributed by atoms with Gasteiger partial charge in [-0.25, -0.2) is 0 Å². The van der Waals surface area contributed by atoms with Crippen LogP contribution >= 0.6 is 0 Å². The van der Waals surface area contributed by atoms with Gasteiger partial charge < -0.3 is 14.5 Å². The Morgan fingerprint density at radius 2 is 2.10 bits per heavy atom. The summed E-state index contributed by atoms with van der Waals surface area (Å²) in [4.78, 5) is 19.5. The number of rotatable bonds is 3. The van der Waals surface area contributed by atoms with Gasteiger partial charge in [-0.2, -0.15) is 0 Å². The van der Waals surface area contributed by atoms with E-state index in [0.717, 1.165) is 43.0 Å². The molecular weight excluding hydrogens is 256 g/mol. The quantitative estimate of drug-likeness (QED) is 0.844. The van der Waals surface area contributed by atoms with Crippen LogP contribution in [0.25, 0.3) is 0 Å². The number of ether oxygens (including phenoxy) is 1. The van der Waals surface area contributed by atoms with E-state index in [4.69, 9.17) is 9.57 Å². The molecule has 0 spiro atoms. The summed E-state index contributed by atoms with van der Waals surface area (Å²) in [6, 6.07) is 7.65. The summed E-state index contributed by atoms with van der Waals surface area (Å²) in [6.07, 6.45) is 2.19. The predicted octanol–water partition coefficient (Wildman–Crippen LogP) is 1.81. The Hall–Kier alpha value is -2.04. The Bertz CT molecular complexity index is 536. The van der Waals surface area contributed by atoms with Crippen molar-refractivity contribution in [2.75, 3.05) is 20.2 Å². The highest BCUT2D eigenvalue weighted by Gasteiger charge is 2.34. The topological polar surface area (TPSA) is 51.1 Å². The van der Waals surface area contributed by atoms with Gasteiger partial charge in [0.15, 0.2) is 0 Å². The third kappa shape index (κ3) is 2.35. The summed E-state index contributed by atoms with van der Waals surface area (Å²) in [6.45, 7) is 1.67. The second kappa shape index (κ2) is 5.53. The molecule has 106 valence electrons. The molecule has 2 heterocycles. The standard InChI is InChI=1S/C15H18N2O3/c1-19-13-7-3-2-6-11(13)12-10-14(20-16-12)15(18)17-8-4-5-9-17/h2-3,6-7,14H,4-5,8-10H2,1H3. The number of oxime groups is 1. The molecule has 0 aliphatic carbocycles. The van der Waals surface area contributed by atoms with Crippen molar-refractivity contribution in [3.63, 3.8) is 0 Å². The molecule has 0 aromatic heterocycles. The predicted molar refractivity (Wildman–Crippen MR) is 74.8 cm³/mol. The number of nitrogens with zero attached hydrogens (tertiary/aromatic N) is 2. The molecule has 5 nitrogen and oxygen atoms in total. The molecule has 1 fully saturated rings. The van der Waals surface area contributed by atoms with Crippen LogP contribution < -0.4 is 4.74 Å². The van der Waals surface area contributed by atoms with E-state index in [1.165, 1.54) is 0 Å². The van der Waals surface area contributed by atoms with E-state index in [-0.39, 0.29) is 5.91 Å². The first kappa shape index (κ1) is 13.0. The van der Waals surface area contributed by atoms with E-state index in [1.54, 1.807) is 7.11 Å². The first-order chi connectivity index (χ1) is 9.79. The lowest BCUT2D eigenvalue weighted by molar-refractivity contribution is -0.140. The van der Waals surface area contributed by atoms with Gasteiger partial charge in [-0.15, -0.1) is 0 Å². The van der Waals surface area contributed by atoms with Crippen molar-refractivity contribution in [2.24, 2.45) is 5.16 Å². The van der Waals surface area contributed by atoms with Crippen molar-refractivity contribution in [1.82, 2.24) is 4.90 Å². The second-order valence-corrected chi connectivity index (χ2v) is 5.07. The molecule has 1 atom stereocenters. The zero-order chi connectivity index (χ0) is 13.9. The fourth-order valence-electron chi connectivity index (χ4n) is 2.69. The Morgan fingerprint density at radius 3 is 2.85 bits per heavy atom. The molecule has 0 N–H and O–H groups in total. The molecule has 1 unspecified atom stereocenters. The smallest absolute Gasteiger partial charge is 0.266 e. The zero-order valence-electron chi connectivity index (χ0n) is 11.5. The molecule has 5 heteroatoms. The average Bonchev–Trinajstić information content (AvgIpc) is 3.18. The lowest BCUT2D eigenvalue weighted by Crippen LogP contribution is -2.37. The fourth-order valence-corrected chi connectivity index (χ4v) is 2.69. The van der Waals surface area contributed by atoms with Gasteiger partial charge in [0.2, 0.25) is 6.10 Å². The van der Waals surface area contributed by atoms with E-state index in [0.29, 0.717) is 6.42 Å². The maximum atomic E-state index is 12.3. The van der Waals surface area contributed by atoms with Crippen molar-refractivity contribution in [3.8, 4) is 5.75 Å². The van der Waals surface area contributed by atoms with Gasteiger partial charge in [0.25, 0.3) is 5.91 Å². The van der Waals surface area contributed by atoms with Gasteiger partial charge in [-0.1, -0.05) is 17.3 Å². The summed E-state index contributed by atoms with van der Waals surface area (Å²) in [5, 5.41) is 4.08. The highest BCUT2D eigenvalue weighted by Crippen LogP contribution is 2.25. The summed E-state index contributed by atoms with van der Waals surface area (Å²) in [5.41, 5.74) is 1.67. The van der Waals surface area contributed by atoms with Crippen molar-refractivity contribution < 1.29 is 14.4 Å². The molecule has 3 rings (SSSR count). The Morgan fingerprint density at radius 1 is 1.35 bits per heavy atom. The minimum atomic E-state index is -0.479. The van der Waals surface area contributed by atoms with Crippen molar-refractivity contribution in [3.05, 3.63) is 29.8 Å². The molecule has 1 aromatic carbocycles. The summed E-state index contributed by atoms with van der Waals surface area (Å²) in [5.74, 6) is 0.806. The SMILES string of the molecule is COc1ccccc1C1=NOC(C(=O)N2CCCC2)C1. The molecule has 1 amide bonds. The Balaban J connectivity index is 1.71. The monoisotopic (exact) mass is 274 g/mol. The van der Waals surface area contributed by atoms with Crippen LogP contribution in [0, 0.1) is 0 Å². The first-order valence-corrected chi connectivity index (χ1v) is 6.94. The van der Waals surface area contributed by atoms with Crippen LogP contribution in [0.1, 0.15) is 24.8 Å². The number of methoxy groups -OCH3 is 1. The van der Waals surface area contributed by atoms with Crippen molar-refractivity contribution in [2.45, 2.75) is 25.4 Å². The molecule has 0 radical (unpaired) electrons. The molecule has 2 aliphatic heterocycles. The molecular formula is C15H18N2O3.